The molecule has 2 fully saturated rings. The van der Waals surface area contributed by atoms with Crippen molar-refractivity contribution in [2.75, 3.05) is 20.3 Å². The van der Waals surface area contributed by atoms with E-state index < -0.39 is 23.8 Å². The maximum Gasteiger partial charge on any atom is 0.137 e. The fourth-order valence-corrected chi connectivity index (χ4v) is 6.02. The van der Waals surface area contributed by atoms with E-state index in [-0.39, 0.29) is 49.5 Å². The fourth-order valence-electron chi connectivity index (χ4n) is 6.02. The molecule has 1 saturated carbocycles. The molecule has 8 atom stereocenters. The van der Waals surface area contributed by atoms with Gasteiger partial charge in [0.1, 0.15) is 17.7 Å². The van der Waals surface area contributed by atoms with E-state index in [4.69, 9.17) is 10.5 Å². The second kappa shape index (κ2) is 15.3. The number of aliphatic hydroxyl groups excluding tert-OH is 2. The SMILES string of the molecule is CCCC(CO)CCCC(=O)C([O-])C(=O)CCC1CC(CC2CC[NH2+]C(N)C2)C(O)C(OC)C1. The summed E-state index contributed by atoms with van der Waals surface area (Å²) in [6.45, 7) is 3.15. The molecule has 0 radical (unpaired) electrons. The van der Waals surface area contributed by atoms with Gasteiger partial charge in [-0.2, -0.15) is 0 Å². The number of ketones is 2. The van der Waals surface area contributed by atoms with Crippen molar-refractivity contribution < 1.29 is 35.0 Å². The molecule has 2 rings (SSSR count). The molecule has 1 aliphatic carbocycles. The number of nitrogens with two attached hydrogens (primary N) is 2. The Hall–Kier alpha value is -0.900. The molecule has 1 heterocycles. The summed E-state index contributed by atoms with van der Waals surface area (Å²) in [6.07, 6.45) is 5.80. The van der Waals surface area contributed by atoms with E-state index in [1.54, 1.807) is 7.11 Å². The first kappa shape index (κ1) is 29.3. The molecular weight excluding hydrogens is 436 g/mol. The van der Waals surface area contributed by atoms with Crippen LogP contribution >= 0.6 is 0 Å². The smallest absolute Gasteiger partial charge is 0.137 e. The van der Waals surface area contributed by atoms with Gasteiger partial charge in [0.25, 0.3) is 0 Å². The first-order valence-corrected chi connectivity index (χ1v) is 13.4. The zero-order chi connectivity index (χ0) is 25.1. The highest BCUT2D eigenvalue weighted by atomic mass is 16.5. The Labute approximate surface area is 205 Å². The Kier molecular flexibility index (Phi) is 13.2. The summed E-state index contributed by atoms with van der Waals surface area (Å²) < 4.78 is 5.56. The standard InChI is InChI=1S/C26H47N2O6/c1-3-5-17(16-29)6-4-7-21(30)26(33)22(31)9-8-18-12-20(25(32)23(14-18)34-2)13-19-10-11-28-24(27)15-19/h17-20,23-26,28-29,32H,3-16,27H2,1-2H3/q-1/p+1. The minimum atomic E-state index is -1.80. The second-order valence-electron chi connectivity index (χ2n) is 10.8. The van der Waals surface area contributed by atoms with Crippen LogP contribution < -0.4 is 16.2 Å². The third-order valence-electron chi connectivity index (χ3n) is 8.03. The molecule has 8 unspecified atom stereocenters. The summed E-state index contributed by atoms with van der Waals surface area (Å²) in [5, 5.41) is 34.7. The molecule has 198 valence electrons. The van der Waals surface area contributed by atoms with Crippen LogP contribution in [0.4, 0.5) is 0 Å². The summed E-state index contributed by atoms with van der Waals surface area (Å²) in [6, 6.07) is 0. The predicted octanol–water partition coefficient (Wildman–Crippen LogP) is 0.263. The van der Waals surface area contributed by atoms with Crippen molar-refractivity contribution in [1.29, 1.82) is 0 Å². The number of rotatable bonds is 15. The lowest BCUT2D eigenvalue weighted by molar-refractivity contribution is -0.699. The van der Waals surface area contributed by atoms with Gasteiger partial charge in [-0.25, -0.2) is 0 Å². The normalized spacial score (nSPS) is 31.7. The molecule has 1 aliphatic heterocycles. The molecule has 8 nitrogen and oxygen atoms in total. The van der Waals surface area contributed by atoms with Crippen LogP contribution in [0.25, 0.3) is 0 Å². The Balaban J connectivity index is 1.80. The molecule has 34 heavy (non-hydrogen) atoms. The Morgan fingerprint density at radius 3 is 2.53 bits per heavy atom. The van der Waals surface area contributed by atoms with Gasteiger partial charge < -0.3 is 35.0 Å². The highest BCUT2D eigenvalue weighted by Crippen LogP contribution is 2.38. The summed E-state index contributed by atoms with van der Waals surface area (Å²) in [5.41, 5.74) is 6.10. The van der Waals surface area contributed by atoms with Crippen molar-refractivity contribution in [3.8, 4) is 0 Å². The highest BCUT2D eigenvalue weighted by molar-refractivity contribution is 6.04. The number of carbonyl (C=O) groups excluding carboxylic acids is 2. The summed E-state index contributed by atoms with van der Waals surface area (Å²) >= 11 is 0. The molecule has 0 aromatic heterocycles. The van der Waals surface area contributed by atoms with Crippen molar-refractivity contribution >= 4 is 11.6 Å². The van der Waals surface area contributed by atoms with E-state index >= 15 is 0 Å². The second-order valence-corrected chi connectivity index (χ2v) is 10.8. The zero-order valence-electron chi connectivity index (χ0n) is 21.2. The summed E-state index contributed by atoms with van der Waals surface area (Å²) in [5.74, 6) is -0.124. The summed E-state index contributed by atoms with van der Waals surface area (Å²) in [4.78, 5) is 24.7. The minimum Gasteiger partial charge on any atom is -0.841 e. The number of aliphatic hydroxyl groups is 2. The molecule has 8 heteroatoms. The van der Waals surface area contributed by atoms with Gasteiger partial charge in [0.2, 0.25) is 0 Å². The Morgan fingerprint density at radius 1 is 1.15 bits per heavy atom. The first-order valence-electron chi connectivity index (χ1n) is 13.4. The lowest BCUT2D eigenvalue weighted by Gasteiger charge is -2.40. The van der Waals surface area contributed by atoms with E-state index in [1.807, 2.05) is 6.92 Å². The lowest BCUT2D eigenvalue weighted by atomic mass is 9.71. The third-order valence-corrected chi connectivity index (χ3v) is 8.03. The van der Waals surface area contributed by atoms with E-state index in [2.05, 4.69) is 5.32 Å². The monoisotopic (exact) mass is 484 g/mol. The summed E-state index contributed by atoms with van der Waals surface area (Å²) in [7, 11) is 1.61. The third kappa shape index (κ3) is 9.28. The van der Waals surface area contributed by atoms with Gasteiger partial charge in [-0.15, -0.1) is 0 Å². The van der Waals surface area contributed by atoms with Crippen LogP contribution in [0.2, 0.25) is 0 Å². The first-order chi connectivity index (χ1) is 16.3. The predicted molar refractivity (Wildman–Crippen MR) is 127 cm³/mol. The molecular formula is C26H48N2O6. The van der Waals surface area contributed by atoms with Gasteiger partial charge in [0.15, 0.2) is 0 Å². The number of hydrogen-bond acceptors (Lipinski definition) is 7. The molecule has 0 bridgehead atoms. The minimum absolute atomic E-state index is 0.0906. The van der Waals surface area contributed by atoms with E-state index in [0.29, 0.717) is 31.6 Å². The maximum atomic E-state index is 12.5. The van der Waals surface area contributed by atoms with Crippen LogP contribution in [0, 0.1) is 23.7 Å². The number of ether oxygens (including phenoxy) is 1. The highest BCUT2D eigenvalue weighted by Gasteiger charge is 2.38. The van der Waals surface area contributed by atoms with Crippen LogP contribution in [0.1, 0.15) is 84.0 Å². The number of hydrogen-bond donors (Lipinski definition) is 4. The number of piperidine rings is 1. The number of methoxy groups -OCH3 is 1. The lowest BCUT2D eigenvalue weighted by Crippen LogP contribution is -2.94. The van der Waals surface area contributed by atoms with Crippen LogP contribution in [-0.4, -0.2) is 66.5 Å². The molecule has 0 amide bonds. The topological polar surface area (TPSA) is 150 Å². The molecule has 0 aromatic carbocycles. The van der Waals surface area contributed by atoms with Gasteiger partial charge in [0.05, 0.1) is 18.8 Å². The van der Waals surface area contributed by atoms with Gasteiger partial charge in [-0.1, -0.05) is 13.3 Å². The van der Waals surface area contributed by atoms with E-state index in [0.717, 1.165) is 45.1 Å². The number of quaternary nitrogens is 1. The zero-order valence-corrected chi connectivity index (χ0v) is 21.2. The number of Topliss-reactive ketones (excluding diaryl/α,β-unsaturated/α-hetero) is 2. The van der Waals surface area contributed by atoms with Crippen molar-refractivity contribution in [2.45, 2.75) is 108 Å². The molecule has 6 N–H and O–H groups in total. The van der Waals surface area contributed by atoms with Gasteiger partial charge in [-0.05, 0) is 81.1 Å². The van der Waals surface area contributed by atoms with Crippen molar-refractivity contribution in [2.24, 2.45) is 29.4 Å². The van der Waals surface area contributed by atoms with Gasteiger partial charge >= 0.3 is 0 Å². The van der Waals surface area contributed by atoms with Gasteiger partial charge in [-0.3, -0.25) is 5.73 Å². The van der Waals surface area contributed by atoms with E-state index in [9.17, 15) is 24.9 Å². The van der Waals surface area contributed by atoms with Crippen LogP contribution in [0.15, 0.2) is 0 Å². The van der Waals surface area contributed by atoms with Gasteiger partial charge in [0, 0.05) is 33.0 Å². The largest absolute Gasteiger partial charge is 0.841 e. The molecule has 0 spiro atoms. The van der Waals surface area contributed by atoms with E-state index in [1.165, 1.54) is 0 Å². The molecule has 0 aromatic rings. The fraction of sp³-hybridized carbons (Fsp3) is 0.923. The van der Waals surface area contributed by atoms with Crippen molar-refractivity contribution in [1.82, 2.24) is 0 Å². The Morgan fingerprint density at radius 2 is 1.88 bits per heavy atom. The van der Waals surface area contributed by atoms with Crippen LogP contribution in [-0.2, 0) is 14.3 Å². The molecule has 2 aliphatic rings. The average molecular weight is 485 g/mol. The average Bonchev–Trinajstić information content (AvgIpc) is 2.82. The number of carbonyl (C=O) groups is 2. The molecule has 1 saturated heterocycles. The quantitative estimate of drug-likeness (QED) is 0.244. The van der Waals surface area contributed by atoms with Crippen molar-refractivity contribution in [3.63, 3.8) is 0 Å². The van der Waals surface area contributed by atoms with Crippen LogP contribution in [0.3, 0.4) is 0 Å². The van der Waals surface area contributed by atoms with Crippen LogP contribution in [0.5, 0.6) is 0 Å². The maximum absolute atomic E-state index is 12.5. The van der Waals surface area contributed by atoms with Crippen molar-refractivity contribution in [3.05, 3.63) is 0 Å². The Bertz CT molecular complexity index is 618.